The number of hydrogen-bond donors (Lipinski definition) is 2. The minimum Gasteiger partial charge on any atom is -0.480 e. The van der Waals surface area contributed by atoms with Crippen LogP contribution in [0.3, 0.4) is 0 Å². The van der Waals surface area contributed by atoms with Crippen molar-refractivity contribution in [3.8, 4) is 0 Å². The standard InChI is InChI=1S/C15H22N2O3S/c1-11-5-4-6-12(9-11)10-17(2)15(20)16-13(14(18)19)7-8-21-3/h4-6,9,13H,7-8,10H2,1-3H3,(H,16,20)(H,18,19)/t13-/m1/s1. The van der Waals surface area contributed by atoms with E-state index in [2.05, 4.69) is 5.32 Å². The Morgan fingerprint density at radius 2 is 2.14 bits per heavy atom. The average molecular weight is 310 g/mol. The van der Waals surface area contributed by atoms with E-state index in [0.29, 0.717) is 18.7 Å². The number of urea groups is 1. The van der Waals surface area contributed by atoms with Crippen molar-refractivity contribution in [1.82, 2.24) is 10.2 Å². The van der Waals surface area contributed by atoms with Gasteiger partial charge in [-0.2, -0.15) is 11.8 Å². The fourth-order valence-corrected chi connectivity index (χ4v) is 2.38. The quantitative estimate of drug-likeness (QED) is 0.811. The van der Waals surface area contributed by atoms with E-state index in [9.17, 15) is 9.59 Å². The lowest BCUT2D eigenvalue weighted by molar-refractivity contribution is -0.139. The molecule has 0 aliphatic rings. The first kappa shape index (κ1) is 17.4. The van der Waals surface area contributed by atoms with Crippen LogP contribution in [0.5, 0.6) is 0 Å². The maximum atomic E-state index is 12.1. The minimum atomic E-state index is -0.999. The Morgan fingerprint density at radius 1 is 1.43 bits per heavy atom. The van der Waals surface area contributed by atoms with E-state index in [4.69, 9.17) is 5.11 Å². The van der Waals surface area contributed by atoms with Gasteiger partial charge in [-0.3, -0.25) is 0 Å². The average Bonchev–Trinajstić information content (AvgIpc) is 2.42. The molecule has 0 spiro atoms. The molecular formula is C15H22N2O3S. The molecule has 1 atom stereocenters. The van der Waals surface area contributed by atoms with Gasteiger partial charge in [-0.15, -0.1) is 0 Å². The summed E-state index contributed by atoms with van der Waals surface area (Å²) < 4.78 is 0. The molecule has 1 aromatic rings. The van der Waals surface area contributed by atoms with Crippen molar-refractivity contribution in [2.24, 2.45) is 0 Å². The van der Waals surface area contributed by atoms with Crippen LogP contribution < -0.4 is 5.32 Å². The molecule has 0 saturated carbocycles. The number of amides is 2. The Balaban J connectivity index is 2.58. The molecule has 0 fully saturated rings. The highest BCUT2D eigenvalue weighted by Crippen LogP contribution is 2.07. The number of thioether (sulfide) groups is 1. The Kier molecular flexibility index (Phi) is 7.08. The highest BCUT2D eigenvalue weighted by molar-refractivity contribution is 7.98. The number of nitrogens with zero attached hydrogens (tertiary/aromatic N) is 1. The summed E-state index contributed by atoms with van der Waals surface area (Å²) in [4.78, 5) is 24.7. The number of hydrogen-bond acceptors (Lipinski definition) is 3. The summed E-state index contributed by atoms with van der Waals surface area (Å²) in [5, 5.41) is 11.7. The number of nitrogens with one attached hydrogen (secondary N) is 1. The summed E-state index contributed by atoms with van der Waals surface area (Å²) in [6, 6.07) is 6.67. The Morgan fingerprint density at radius 3 is 2.71 bits per heavy atom. The van der Waals surface area contributed by atoms with E-state index in [1.165, 1.54) is 4.90 Å². The fraction of sp³-hybridized carbons (Fsp3) is 0.467. The molecule has 2 amide bonds. The third-order valence-corrected chi connectivity index (χ3v) is 3.70. The number of carbonyl (C=O) groups is 2. The van der Waals surface area contributed by atoms with Crippen molar-refractivity contribution >= 4 is 23.8 Å². The van der Waals surface area contributed by atoms with Crippen LogP contribution in [0.2, 0.25) is 0 Å². The van der Waals surface area contributed by atoms with Gasteiger partial charge in [0.05, 0.1) is 0 Å². The van der Waals surface area contributed by atoms with E-state index in [1.54, 1.807) is 18.8 Å². The third kappa shape index (κ3) is 6.08. The van der Waals surface area contributed by atoms with E-state index in [0.717, 1.165) is 11.1 Å². The van der Waals surface area contributed by atoms with Gasteiger partial charge in [-0.25, -0.2) is 9.59 Å². The molecule has 0 bridgehead atoms. The van der Waals surface area contributed by atoms with Crippen molar-refractivity contribution in [1.29, 1.82) is 0 Å². The zero-order chi connectivity index (χ0) is 15.8. The number of benzene rings is 1. The predicted octanol–water partition coefficient (Wildman–Crippen LogP) is 2.34. The number of carbonyl (C=O) groups excluding carboxylic acids is 1. The summed E-state index contributed by atoms with van der Waals surface area (Å²) in [6.45, 7) is 2.44. The van der Waals surface area contributed by atoms with Gasteiger partial charge in [0.25, 0.3) is 0 Å². The van der Waals surface area contributed by atoms with Gasteiger partial charge in [-0.05, 0) is 30.9 Å². The van der Waals surface area contributed by atoms with Gasteiger partial charge in [-0.1, -0.05) is 29.8 Å². The van der Waals surface area contributed by atoms with E-state index in [-0.39, 0.29) is 6.03 Å². The summed E-state index contributed by atoms with van der Waals surface area (Å²) >= 11 is 1.56. The highest BCUT2D eigenvalue weighted by atomic mass is 32.2. The highest BCUT2D eigenvalue weighted by Gasteiger charge is 2.21. The monoisotopic (exact) mass is 310 g/mol. The van der Waals surface area contributed by atoms with E-state index < -0.39 is 12.0 Å². The Bertz CT molecular complexity index is 494. The first-order valence-electron chi connectivity index (χ1n) is 6.73. The van der Waals surface area contributed by atoms with Crippen LogP contribution >= 0.6 is 11.8 Å². The molecule has 6 heteroatoms. The number of rotatable bonds is 7. The molecule has 0 saturated heterocycles. The number of carboxylic acids is 1. The molecule has 116 valence electrons. The van der Waals surface area contributed by atoms with Crippen molar-refractivity contribution < 1.29 is 14.7 Å². The number of carboxylic acid groups (broad SMARTS) is 1. The molecule has 0 aromatic heterocycles. The van der Waals surface area contributed by atoms with Gasteiger partial charge in [0.15, 0.2) is 0 Å². The second kappa shape index (κ2) is 8.56. The van der Waals surface area contributed by atoms with Gasteiger partial charge >= 0.3 is 12.0 Å². The van der Waals surface area contributed by atoms with Crippen LogP contribution in [-0.4, -0.2) is 47.1 Å². The molecular weight excluding hydrogens is 288 g/mol. The molecule has 1 rings (SSSR count). The van der Waals surface area contributed by atoms with Crippen molar-refractivity contribution in [2.75, 3.05) is 19.1 Å². The first-order chi connectivity index (χ1) is 9.93. The van der Waals surface area contributed by atoms with Gasteiger partial charge in [0.1, 0.15) is 6.04 Å². The second-order valence-electron chi connectivity index (χ2n) is 4.97. The Labute approximate surface area is 129 Å². The fourth-order valence-electron chi connectivity index (χ4n) is 1.91. The topological polar surface area (TPSA) is 69.6 Å². The lowest BCUT2D eigenvalue weighted by Crippen LogP contribution is -2.46. The number of aryl methyl sites for hydroxylation is 1. The third-order valence-electron chi connectivity index (χ3n) is 3.06. The zero-order valence-electron chi connectivity index (χ0n) is 12.6. The largest absolute Gasteiger partial charge is 0.480 e. The van der Waals surface area contributed by atoms with Crippen molar-refractivity contribution in [3.05, 3.63) is 35.4 Å². The van der Waals surface area contributed by atoms with Crippen LogP contribution in [0.15, 0.2) is 24.3 Å². The van der Waals surface area contributed by atoms with Crippen LogP contribution in [0.1, 0.15) is 17.5 Å². The molecule has 1 aromatic carbocycles. The van der Waals surface area contributed by atoms with Crippen LogP contribution in [-0.2, 0) is 11.3 Å². The molecule has 0 heterocycles. The first-order valence-corrected chi connectivity index (χ1v) is 8.12. The smallest absolute Gasteiger partial charge is 0.326 e. The maximum absolute atomic E-state index is 12.1. The van der Waals surface area contributed by atoms with E-state index in [1.807, 2.05) is 37.4 Å². The summed E-state index contributed by atoms with van der Waals surface area (Å²) in [7, 11) is 1.66. The SMILES string of the molecule is CSCC[C@@H](NC(=O)N(C)Cc1cccc(C)c1)C(=O)O. The zero-order valence-corrected chi connectivity index (χ0v) is 13.4. The normalized spacial score (nSPS) is 11.8. The van der Waals surface area contributed by atoms with Crippen molar-refractivity contribution in [2.45, 2.75) is 25.9 Å². The number of aliphatic carboxylic acids is 1. The van der Waals surface area contributed by atoms with Crippen molar-refractivity contribution in [3.63, 3.8) is 0 Å². The molecule has 0 unspecified atom stereocenters. The van der Waals surface area contributed by atoms with Crippen LogP contribution in [0.25, 0.3) is 0 Å². The van der Waals surface area contributed by atoms with Gasteiger partial charge < -0.3 is 15.3 Å². The summed E-state index contributed by atoms with van der Waals surface area (Å²) in [5.74, 6) is -0.305. The van der Waals surface area contributed by atoms with Crippen LogP contribution in [0.4, 0.5) is 4.79 Å². The lowest BCUT2D eigenvalue weighted by Gasteiger charge is -2.21. The second-order valence-corrected chi connectivity index (χ2v) is 5.95. The maximum Gasteiger partial charge on any atom is 0.326 e. The summed E-state index contributed by atoms with van der Waals surface area (Å²) in [5.41, 5.74) is 2.15. The minimum absolute atomic E-state index is 0.370. The molecule has 5 nitrogen and oxygen atoms in total. The molecule has 2 N–H and O–H groups in total. The molecule has 0 aliphatic heterocycles. The van der Waals surface area contributed by atoms with Crippen LogP contribution in [0, 0.1) is 6.92 Å². The lowest BCUT2D eigenvalue weighted by atomic mass is 10.1. The summed E-state index contributed by atoms with van der Waals surface area (Å²) in [6.07, 6.45) is 2.32. The molecule has 21 heavy (non-hydrogen) atoms. The van der Waals surface area contributed by atoms with E-state index >= 15 is 0 Å². The van der Waals surface area contributed by atoms with Gasteiger partial charge in [0, 0.05) is 13.6 Å². The van der Waals surface area contributed by atoms with Gasteiger partial charge in [0.2, 0.25) is 0 Å². The Hall–Kier alpha value is -1.69. The predicted molar refractivity (Wildman–Crippen MR) is 85.6 cm³/mol. The molecule has 0 radical (unpaired) electrons. The molecule has 0 aliphatic carbocycles.